The van der Waals surface area contributed by atoms with Crippen molar-refractivity contribution >= 4 is 24.8 Å². The second-order valence-electron chi connectivity index (χ2n) is 10.4. The molecule has 2 atom stereocenters. The van der Waals surface area contributed by atoms with Gasteiger partial charge < -0.3 is 29.4 Å². The van der Waals surface area contributed by atoms with Crippen LogP contribution in [-0.4, -0.2) is 105 Å². The number of hydrogen-bond donors (Lipinski definition) is 2. The fourth-order valence-corrected chi connectivity index (χ4v) is 3.73. The highest BCUT2D eigenvalue weighted by Gasteiger charge is 2.36. The van der Waals surface area contributed by atoms with Crippen LogP contribution in [0.4, 0.5) is 4.79 Å². The summed E-state index contributed by atoms with van der Waals surface area (Å²) in [6.07, 6.45) is 0.952. The molecule has 11 heteroatoms. The van der Waals surface area contributed by atoms with E-state index in [0.717, 1.165) is 6.29 Å². The zero-order valence-corrected chi connectivity index (χ0v) is 23.9. The number of carbonyl (C=O) groups excluding carboxylic acids is 3. The van der Waals surface area contributed by atoms with Crippen molar-refractivity contribution < 1.29 is 38.5 Å². The molecule has 216 valence electrons. The second kappa shape index (κ2) is 17.5. The number of para-hydroxylation sites is 1. The van der Waals surface area contributed by atoms with Crippen LogP contribution in [0.15, 0.2) is 30.3 Å². The number of nitrogens with one attached hydrogen (secondary N) is 1. The Kier molecular flexibility index (Phi) is 16.1. The minimum absolute atomic E-state index is 0.410. The van der Waals surface area contributed by atoms with Crippen molar-refractivity contribution in [3.8, 4) is 5.75 Å². The number of carboxylic acid groups (broad SMARTS) is 1. The van der Waals surface area contributed by atoms with Crippen LogP contribution in [0.25, 0.3) is 0 Å². The lowest BCUT2D eigenvalue weighted by molar-refractivity contribution is -0.142. The van der Waals surface area contributed by atoms with Crippen LogP contribution in [0.3, 0.4) is 0 Å². The molecule has 0 saturated carbocycles. The topological polar surface area (TPSA) is 135 Å². The zero-order valence-electron chi connectivity index (χ0n) is 23.9. The van der Waals surface area contributed by atoms with Gasteiger partial charge in [-0.1, -0.05) is 32.0 Å². The number of rotatable bonds is 9. The number of amides is 1. The second-order valence-corrected chi connectivity index (χ2v) is 10.4. The largest absolute Gasteiger partial charge is 0.480 e. The van der Waals surface area contributed by atoms with Crippen molar-refractivity contribution in [2.24, 2.45) is 5.41 Å². The molecule has 1 aliphatic rings. The summed E-state index contributed by atoms with van der Waals surface area (Å²) in [7, 11) is 4.89. The summed E-state index contributed by atoms with van der Waals surface area (Å²) >= 11 is 0. The van der Waals surface area contributed by atoms with Crippen molar-refractivity contribution in [3.63, 3.8) is 0 Å². The Balaban J connectivity index is 0.000000938. The summed E-state index contributed by atoms with van der Waals surface area (Å²) in [5.74, 6) is -0.300. The molecule has 0 spiro atoms. The van der Waals surface area contributed by atoms with Crippen molar-refractivity contribution in [1.82, 2.24) is 15.1 Å². The van der Waals surface area contributed by atoms with E-state index in [0.29, 0.717) is 44.8 Å². The molecular weight excluding hydrogens is 494 g/mol. The van der Waals surface area contributed by atoms with Gasteiger partial charge in [-0.15, -0.1) is 0 Å². The molecule has 1 heterocycles. The molecule has 2 rings (SSSR count). The summed E-state index contributed by atoms with van der Waals surface area (Å²) in [6, 6.07) is 7.70. The van der Waals surface area contributed by atoms with E-state index in [1.54, 1.807) is 66.3 Å². The number of methoxy groups -OCH3 is 1. The molecule has 1 aromatic rings. The van der Waals surface area contributed by atoms with E-state index in [9.17, 15) is 24.3 Å². The molecule has 0 aliphatic carbocycles. The normalized spacial score (nSPS) is 16.5. The van der Waals surface area contributed by atoms with Crippen LogP contribution in [0.1, 0.15) is 41.0 Å². The van der Waals surface area contributed by atoms with Gasteiger partial charge in [-0.05, 0) is 58.3 Å². The van der Waals surface area contributed by atoms with Gasteiger partial charge in [-0.3, -0.25) is 19.4 Å². The van der Waals surface area contributed by atoms with Crippen LogP contribution < -0.4 is 10.1 Å². The molecule has 1 amide bonds. The number of aliphatic carboxylic acids is 1. The van der Waals surface area contributed by atoms with Gasteiger partial charge in [-0.25, -0.2) is 4.79 Å². The zero-order chi connectivity index (χ0) is 29.4. The maximum atomic E-state index is 12.3. The molecule has 0 radical (unpaired) electrons. The molecule has 1 saturated heterocycles. The van der Waals surface area contributed by atoms with Gasteiger partial charge in [0.05, 0.1) is 0 Å². The summed E-state index contributed by atoms with van der Waals surface area (Å²) < 4.78 is 14.1. The first-order valence-corrected chi connectivity index (χ1v) is 12.4. The number of piperazine rings is 1. The number of aldehydes is 1. The quantitative estimate of drug-likeness (QED) is 0.451. The average molecular weight is 540 g/mol. The van der Waals surface area contributed by atoms with Crippen molar-refractivity contribution in [2.75, 3.05) is 47.4 Å². The molecular formula is C27H45N3O8. The number of likely N-dealkylation sites (N-methyl/N-ethyl adjacent to an activating group) is 1. The highest BCUT2D eigenvalue weighted by Crippen LogP contribution is 2.26. The smallest absolute Gasteiger partial charge is 0.410 e. The van der Waals surface area contributed by atoms with E-state index < -0.39 is 35.2 Å². The maximum absolute atomic E-state index is 12.3. The number of carboxylic acids is 1. The van der Waals surface area contributed by atoms with Gasteiger partial charge in [0.1, 0.15) is 29.7 Å². The molecule has 1 aliphatic heterocycles. The maximum Gasteiger partial charge on any atom is 0.410 e. The van der Waals surface area contributed by atoms with Crippen LogP contribution in [-0.2, 0) is 23.9 Å². The summed E-state index contributed by atoms with van der Waals surface area (Å²) in [4.78, 5) is 48.4. The van der Waals surface area contributed by atoms with Crippen molar-refractivity contribution in [3.05, 3.63) is 30.3 Å². The van der Waals surface area contributed by atoms with Crippen LogP contribution >= 0.6 is 0 Å². The Labute approximate surface area is 226 Å². The van der Waals surface area contributed by atoms with E-state index in [1.165, 1.54) is 4.90 Å². The number of ether oxygens (including phenoxy) is 3. The number of benzene rings is 1. The highest BCUT2D eigenvalue weighted by atomic mass is 16.6. The van der Waals surface area contributed by atoms with Gasteiger partial charge in [-0.2, -0.15) is 0 Å². The van der Waals surface area contributed by atoms with E-state index in [4.69, 9.17) is 4.74 Å². The lowest BCUT2D eigenvalue weighted by atomic mass is 9.81. The third kappa shape index (κ3) is 13.5. The fourth-order valence-electron chi connectivity index (χ4n) is 3.73. The first-order valence-electron chi connectivity index (χ1n) is 12.4. The predicted octanol–water partition coefficient (Wildman–Crippen LogP) is 2.68. The Morgan fingerprint density at radius 3 is 2.13 bits per heavy atom. The Morgan fingerprint density at radius 1 is 1.11 bits per heavy atom. The minimum Gasteiger partial charge on any atom is -0.480 e. The van der Waals surface area contributed by atoms with Gasteiger partial charge in [0.15, 0.2) is 0 Å². The van der Waals surface area contributed by atoms with E-state index in [2.05, 4.69) is 19.7 Å². The van der Waals surface area contributed by atoms with Crippen LogP contribution in [0.2, 0.25) is 0 Å². The van der Waals surface area contributed by atoms with Crippen LogP contribution in [0.5, 0.6) is 5.75 Å². The van der Waals surface area contributed by atoms with Gasteiger partial charge >= 0.3 is 12.1 Å². The van der Waals surface area contributed by atoms with Gasteiger partial charge in [0.25, 0.3) is 6.47 Å². The molecule has 1 fully saturated rings. The lowest BCUT2D eigenvalue weighted by Gasteiger charge is -2.41. The summed E-state index contributed by atoms with van der Waals surface area (Å²) in [5, 5.41) is 12.2. The van der Waals surface area contributed by atoms with Crippen molar-refractivity contribution in [2.45, 2.75) is 58.7 Å². The third-order valence-corrected chi connectivity index (χ3v) is 5.60. The highest BCUT2D eigenvalue weighted by molar-refractivity contribution is 5.75. The summed E-state index contributed by atoms with van der Waals surface area (Å²) in [6.45, 7) is 11.7. The average Bonchev–Trinajstić information content (AvgIpc) is 2.83. The van der Waals surface area contributed by atoms with E-state index >= 15 is 0 Å². The molecule has 2 N–H and O–H groups in total. The molecule has 11 nitrogen and oxygen atoms in total. The van der Waals surface area contributed by atoms with E-state index in [1.807, 2.05) is 19.9 Å². The molecule has 0 aromatic heterocycles. The number of nitrogens with zero attached hydrogens (tertiary/aromatic N) is 2. The predicted molar refractivity (Wildman–Crippen MR) is 144 cm³/mol. The standard InChI is InChI=1S/C18H33N3O5.C7H6O2.C2H6O/c1-17(2,3)26-16(25)21-10-9-20(11-13(21)12-22)8-7-18(4,5)14(19-6)15(23)24;8-6-9-7-4-2-1-3-5-7;1-3-2/h12-14,19H,7-11H2,1-6H3,(H,23,24);1-6H;1-2H3. The summed E-state index contributed by atoms with van der Waals surface area (Å²) in [5.41, 5.74) is -1.05. The fraction of sp³-hybridized carbons (Fsp3) is 0.630. The number of hydrogen-bond acceptors (Lipinski definition) is 9. The molecule has 38 heavy (non-hydrogen) atoms. The van der Waals surface area contributed by atoms with Crippen molar-refractivity contribution in [1.29, 1.82) is 0 Å². The lowest BCUT2D eigenvalue weighted by Crippen LogP contribution is -2.57. The monoisotopic (exact) mass is 539 g/mol. The molecule has 0 bridgehead atoms. The number of carbonyl (C=O) groups is 4. The van der Waals surface area contributed by atoms with E-state index in [-0.39, 0.29) is 0 Å². The SMILES string of the molecule is CNC(C(=O)O)C(C)(C)CCN1CCN(C(=O)OC(C)(C)C)C(C=O)C1.COC.O=COc1ccccc1. The first-order chi connectivity index (χ1) is 17.8. The third-order valence-electron chi connectivity index (χ3n) is 5.60. The Morgan fingerprint density at radius 2 is 1.68 bits per heavy atom. The Hall–Kier alpha value is -3.02. The van der Waals surface area contributed by atoms with Gasteiger partial charge in [0.2, 0.25) is 0 Å². The first kappa shape index (κ1) is 35.0. The minimum atomic E-state index is -0.877. The Bertz CT molecular complexity index is 842. The molecule has 1 aromatic carbocycles. The van der Waals surface area contributed by atoms with Gasteiger partial charge in [0, 0.05) is 33.9 Å². The molecule has 2 unspecified atom stereocenters. The van der Waals surface area contributed by atoms with Crippen LogP contribution in [0, 0.1) is 5.41 Å².